The number of carbonyl (C=O) groups excluding carboxylic acids is 1. The minimum atomic E-state index is -0.294. The third-order valence-electron chi connectivity index (χ3n) is 2.05. The Morgan fingerprint density at radius 2 is 1.53 bits per heavy atom. The summed E-state index contributed by atoms with van der Waals surface area (Å²) in [5.74, 6) is 1.05. The molecule has 0 aromatic heterocycles. The van der Waals surface area contributed by atoms with Crippen LogP contribution < -0.4 is 0 Å². The molecule has 0 aromatic carbocycles. The summed E-state index contributed by atoms with van der Waals surface area (Å²) in [6.45, 7) is 13.6. The molecule has 0 N–H and O–H groups in total. The van der Waals surface area contributed by atoms with Crippen LogP contribution >= 0.6 is 0 Å². The zero-order valence-electron chi connectivity index (χ0n) is 12.1. The van der Waals surface area contributed by atoms with E-state index in [0.29, 0.717) is 5.92 Å². The number of hydrogen-bond donors (Lipinski definition) is 0. The third kappa shape index (κ3) is 7.03. The summed E-state index contributed by atoms with van der Waals surface area (Å²) in [7, 11) is 0. The maximum Gasteiger partial charge on any atom is 0.303 e. The average Bonchev–Trinajstić information content (AvgIpc) is 2.10. The molecule has 0 bridgehead atoms. The number of hydrogen-bond acceptors (Lipinski definition) is 3. The quantitative estimate of drug-likeness (QED) is 0.528. The van der Waals surface area contributed by atoms with Gasteiger partial charge in [-0.3, -0.25) is 4.79 Å². The van der Waals surface area contributed by atoms with Crippen molar-refractivity contribution in [3.63, 3.8) is 0 Å². The van der Waals surface area contributed by atoms with Crippen LogP contribution in [0.25, 0.3) is 0 Å². The highest BCUT2D eigenvalue weighted by Crippen LogP contribution is 2.21. The van der Waals surface area contributed by atoms with Crippen LogP contribution in [0.4, 0.5) is 0 Å². The van der Waals surface area contributed by atoms with Crippen LogP contribution in [0.1, 0.15) is 48.5 Å². The molecule has 3 heteroatoms. The Hall–Kier alpha value is -0.990. The molecule has 0 saturated heterocycles. The Balaban J connectivity index is 5.00. The highest BCUT2D eigenvalue weighted by Gasteiger charge is 2.24. The zero-order valence-corrected chi connectivity index (χ0v) is 12.1. The predicted molar refractivity (Wildman–Crippen MR) is 69.5 cm³/mol. The van der Waals surface area contributed by atoms with Gasteiger partial charge >= 0.3 is 5.97 Å². The van der Waals surface area contributed by atoms with Gasteiger partial charge in [0, 0.05) is 6.92 Å². The van der Waals surface area contributed by atoms with E-state index in [1.54, 1.807) is 0 Å². The van der Waals surface area contributed by atoms with E-state index >= 15 is 0 Å². The standard InChI is InChI=1S/C14H26O3/c1-9(2)8-13(16-11(5)6)14(10(3)4)17-12(7)15/h8-11,14H,1-7H3/b13-8-/t14-/m0/s1. The molecule has 0 amide bonds. The van der Waals surface area contributed by atoms with Crippen LogP contribution in [0.3, 0.4) is 0 Å². The fraction of sp³-hybridized carbons (Fsp3) is 0.786. The Morgan fingerprint density at radius 3 is 1.82 bits per heavy atom. The van der Waals surface area contributed by atoms with E-state index in [4.69, 9.17) is 9.47 Å². The molecule has 0 heterocycles. The van der Waals surface area contributed by atoms with Crippen LogP contribution in [0.15, 0.2) is 11.8 Å². The average molecular weight is 242 g/mol. The summed E-state index contributed by atoms with van der Waals surface area (Å²) in [5, 5.41) is 0. The molecule has 0 aromatic rings. The number of rotatable bonds is 6. The molecule has 0 saturated carbocycles. The van der Waals surface area contributed by atoms with E-state index in [2.05, 4.69) is 13.8 Å². The maximum atomic E-state index is 11.1. The molecule has 0 aliphatic heterocycles. The van der Waals surface area contributed by atoms with Crippen molar-refractivity contribution in [1.29, 1.82) is 0 Å². The molecule has 0 rings (SSSR count). The van der Waals surface area contributed by atoms with Crippen LogP contribution in [0, 0.1) is 11.8 Å². The number of ether oxygens (including phenoxy) is 2. The number of allylic oxidation sites excluding steroid dienone is 1. The van der Waals surface area contributed by atoms with Crippen molar-refractivity contribution in [3.05, 3.63) is 11.8 Å². The first kappa shape index (κ1) is 16.0. The fourth-order valence-electron chi connectivity index (χ4n) is 1.50. The summed E-state index contributed by atoms with van der Waals surface area (Å²) in [6, 6.07) is 0. The van der Waals surface area contributed by atoms with Gasteiger partial charge in [0.15, 0.2) is 6.10 Å². The van der Waals surface area contributed by atoms with Crippen LogP contribution in [0.5, 0.6) is 0 Å². The second-order valence-corrected chi connectivity index (χ2v) is 5.25. The molecule has 0 aliphatic rings. The van der Waals surface area contributed by atoms with Gasteiger partial charge in [0.1, 0.15) is 5.76 Å². The molecule has 1 atom stereocenters. The summed E-state index contributed by atoms with van der Waals surface area (Å²) in [6.07, 6.45) is 1.81. The van der Waals surface area contributed by atoms with Crippen molar-refractivity contribution in [2.75, 3.05) is 0 Å². The van der Waals surface area contributed by atoms with Crippen molar-refractivity contribution >= 4 is 5.97 Å². The Morgan fingerprint density at radius 1 is 1.00 bits per heavy atom. The van der Waals surface area contributed by atoms with E-state index in [1.807, 2.05) is 33.8 Å². The minimum absolute atomic E-state index is 0.0804. The van der Waals surface area contributed by atoms with Crippen LogP contribution in [0.2, 0.25) is 0 Å². The van der Waals surface area contributed by atoms with Gasteiger partial charge < -0.3 is 9.47 Å². The maximum absolute atomic E-state index is 11.1. The van der Waals surface area contributed by atoms with Gasteiger partial charge in [-0.15, -0.1) is 0 Å². The second-order valence-electron chi connectivity index (χ2n) is 5.25. The van der Waals surface area contributed by atoms with Gasteiger partial charge in [-0.2, -0.15) is 0 Å². The van der Waals surface area contributed by atoms with Crippen molar-refractivity contribution in [3.8, 4) is 0 Å². The zero-order chi connectivity index (χ0) is 13.6. The highest BCUT2D eigenvalue weighted by atomic mass is 16.6. The lowest BCUT2D eigenvalue weighted by Gasteiger charge is -2.26. The monoisotopic (exact) mass is 242 g/mol. The topological polar surface area (TPSA) is 35.5 Å². The normalized spacial score (nSPS) is 14.4. The highest BCUT2D eigenvalue weighted by molar-refractivity contribution is 5.66. The predicted octanol–water partition coefficient (Wildman–Crippen LogP) is 3.54. The van der Waals surface area contributed by atoms with Crippen molar-refractivity contribution in [2.24, 2.45) is 11.8 Å². The Kier molecular flexibility index (Phi) is 6.93. The number of esters is 1. The van der Waals surface area contributed by atoms with Gasteiger partial charge in [-0.1, -0.05) is 27.7 Å². The molecule has 100 valence electrons. The molecule has 17 heavy (non-hydrogen) atoms. The molecule has 0 fully saturated rings. The molecule has 3 nitrogen and oxygen atoms in total. The minimum Gasteiger partial charge on any atom is -0.492 e. The fourth-order valence-corrected chi connectivity index (χ4v) is 1.50. The van der Waals surface area contributed by atoms with E-state index in [9.17, 15) is 4.79 Å². The summed E-state index contributed by atoms with van der Waals surface area (Å²) >= 11 is 0. The summed E-state index contributed by atoms with van der Waals surface area (Å²) in [5.41, 5.74) is 0. The molecule has 0 radical (unpaired) electrons. The van der Waals surface area contributed by atoms with Gasteiger partial charge in [-0.05, 0) is 31.8 Å². The van der Waals surface area contributed by atoms with E-state index in [0.717, 1.165) is 5.76 Å². The Bertz CT molecular complexity index is 265. The van der Waals surface area contributed by atoms with E-state index < -0.39 is 0 Å². The third-order valence-corrected chi connectivity index (χ3v) is 2.05. The molecule has 0 unspecified atom stereocenters. The van der Waals surface area contributed by atoms with Gasteiger partial charge in [0.2, 0.25) is 0 Å². The Labute approximate surface area is 105 Å². The lowest BCUT2D eigenvalue weighted by Crippen LogP contribution is -2.27. The summed E-state index contributed by atoms with van der Waals surface area (Å²) < 4.78 is 11.1. The molecular weight excluding hydrogens is 216 g/mol. The number of carbonyl (C=O) groups is 1. The molecule has 0 aliphatic carbocycles. The van der Waals surface area contributed by atoms with E-state index in [-0.39, 0.29) is 24.1 Å². The van der Waals surface area contributed by atoms with Crippen LogP contribution in [-0.4, -0.2) is 18.2 Å². The second kappa shape index (κ2) is 7.36. The van der Waals surface area contributed by atoms with Gasteiger partial charge in [0.25, 0.3) is 0 Å². The van der Waals surface area contributed by atoms with Crippen LogP contribution in [-0.2, 0) is 14.3 Å². The van der Waals surface area contributed by atoms with Crippen molar-refractivity contribution < 1.29 is 14.3 Å². The lowest BCUT2D eigenvalue weighted by molar-refractivity contribution is -0.149. The first-order chi connectivity index (χ1) is 7.73. The first-order valence-electron chi connectivity index (χ1n) is 6.29. The lowest BCUT2D eigenvalue weighted by atomic mass is 10.0. The van der Waals surface area contributed by atoms with Crippen molar-refractivity contribution in [1.82, 2.24) is 0 Å². The smallest absolute Gasteiger partial charge is 0.303 e. The van der Waals surface area contributed by atoms with Crippen molar-refractivity contribution in [2.45, 2.75) is 60.7 Å². The molecule has 0 spiro atoms. The van der Waals surface area contributed by atoms with E-state index in [1.165, 1.54) is 6.92 Å². The first-order valence-corrected chi connectivity index (χ1v) is 6.29. The molecular formula is C14H26O3. The largest absolute Gasteiger partial charge is 0.492 e. The SMILES string of the molecule is CC(=O)O[C@H](/C(=C/C(C)C)OC(C)C)C(C)C. The van der Waals surface area contributed by atoms with Gasteiger partial charge in [-0.25, -0.2) is 0 Å². The van der Waals surface area contributed by atoms with Gasteiger partial charge in [0.05, 0.1) is 6.10 Å². The summed E-state index contributed by atoms with van der Waals surface area (Å²) in [4.78, 5) is 11.1.